The van der Waals surface area contributed by atoms with Crippen LogP contribution in [0.2, 0.25) is 0 Å². The number of nitrogens with zero attached hydrogens (tertiary/aromatic N) is 3. The van der Waals surface area contributed by atoms with Gasteiger partial charge in [-0.05, 0) is 23.8 Å². The van der Waals surface area contributed by atoms with E-state index in [2.05, 4.69) is 26.6 Å². The van der Waals surface area contributed by atoms with Crippen LogP contribution in [0.4, 0.5) is 0 Å². The number of fused-ring (bicyclic) bond motifs is 1. The number of rotatable bonds is 5. The van der Waals surface area contributed by atoms with Crippen LogP contribution in [0.15, 0.2) is 85.1 Å². The van der Waals surface area contributed by atoms with Gasteiger partial charge in [-0.25, -0.2) is 4.98 Å². The lowest BCUT2D eigenvalue weighted by Gasteiger charge is -2.11. The Kier molecular flexibility index (Phi) is 5.17. The van der Waals surface area contributed by atoms with Gasteiger partial charge in [-0.2, -0.15) is 0 Å². The van der Waals surface area contributed by atoms with Crippen LogP contribution in [0.3, 0.4) is 0 Å². The molecule has 156 valence electrons. The Hall–Kier alpha value is -4.32. The Bertz CT molecular complexity index is 1410. The highest BCUT2D eigenvalue weighted by atomic mass is 16.1. The number of para-hydroxylation sites is 1. The van der Waals surface area contributed by atoms with E-state index in [1.54, 1.807) is 13.1 Å². The molecule has 2 N–H and O–H groups in total. The topological polar surface area (TPSA) is 83.6 Å². The van der Waals surface area contributed by atoms with Crippen molar-refractivity contribution in [2.24, 2.45) is 0 Å². The van der Waals surface area contributed by atoms with Crippen molar-refractivity contribution in [2.45, 2.75) is 6.42 Å². The quantitative estimate of drug-likeness (QED) is 0.435. The average molecular weight is 419 g/mol. The molecule has 0 unspecified atom stereocenters. The van der Waals surface area contributed by atoms with Gasteiger partial charge in [0.05, 0.1) is 0 Å². The van der Waals surface area contributed by atoms with Gasteiger partial charge in [-0.3, -0.25) is 4.79 Å². The van der Waals surface area contributed by atoms with E-state index in [4.69, 9.17) is 4.98 Å². The predicted octanol–water partition coefficient (Wildman–Crippen LogP) is 4.64. The van der Waals surface area contributed by atoms with Gasteiger partial charge >= 0.3 is 0 Å². The standard InChI is InChI=1S/C26H21N5O/c1-27-26(32)19-11-7-10-18(14-19)24-25(17-8-3-2-4-9-17)31-30-23(29-24)15-20-16-28-22-13-6-5-12-21(20)22/h2-14,16,28H,15H2,1H3,(H,27,32). The first-order valence-electron chi connectivity index (χ1n) is 10.4. The van der Waals surface area contributed by atoms with Crippen molar-refractivity contribution in [3.63, 3.8) is 0 Å². The SMILES string of the molecule is CNC(=O)c1cccc(-c2nc(Cc3c[nH]c4ccccc34)nnc2-c2ccccc2)c1. The van der Waals surface area contributed by atoms with Crippen LogP contribution in [0.5, 0.6) is 0 Å². The second-order valence-electron chi connectivity index (χ2n) is 7.49. The maximum Gasteiger partial charge on any atom is 0.251 e. The lowest BCUT2D eigenvalue weighted by molar-refractivity contribution is 0.0963. The van der Waals surface area contributed by atoms with Gasteiger partial charge in [0.2, 0.25) is 0 Å². The third-order valence-corrected chi connectivity index (χ3v) is 5.43. The van der Waals surface area contributed by atoms with Gasteiger partial charge in [0.1, 0.15) is 11.4 Å². The van der Waals surface area contributed by atoms with Gasteiger partial charge in [-0.15, -0.1) is 10.2 Å². The van der Waals surface area contributed by atoms with Crippen LogP contribution < -0.4 is 5.32 Å². The molecule has 6 nitrogen and oxygen atoms in total. The number of amides is 1. The highest BCUT2D eigenvalue weighted by Gasteiger charge is 2.16. The van der Waals surface area contributed by atoms with E-state index >= 15 is 0 Å². The highest BCUT2D eigenvalue weighted by Crippen LogP contribution is 2.29. The van der Waals surface area contributed by atoms with Crippen molar-refractivity contribution in [3.8, 4) is 22.5 Å². The molecule has 2 aromatic heterocycles. The fourth-order valence-corrected chi connectivity index (χ4v) is 3.83. The first-order chi connectivity index (χ1) is 15.7. The van der Waals surface area contributed by atoms with Crippen LogP contribution in [0.1, 0.15) is 21.7 Å². The molecule has 0 spiro atoms. The van der Waals surface area contributed by atoms with E-state index < -0.39 is 0 Å². The summed E-state index contributed by atoms with van der Waals surface area (Å²) in [6.45, 7) is 0. The number of hydrogen-bond donors (Lipinski definition) is 2. The maximum atomic E-state index is 12.2. The summed E-state index contributed by atoms with van der Waals surface area (Å²) in [4.78, 5) is 20.4. The minimum absolute atomic E-state index is 0.144. The van der Waals surface area contributed by atoms with Crippen molar-refractivity contribution in [3.05, 3.63) is 102 Å². The summed E-state index contributed by atoms with van der Waals surface area (Å²) in [5.74, 6) is 0.476. The van der Waals surface area contributed by atoms with Crippen molar-refractivity contribution in [1.29, 1.82) is 0 Å². The number of carbonyl (C=O) groups excluding carboxylic acids is 1. The number of carbonyl (C=O) groups is 1. The zero-order valence-corrected chi connectivity index (χ0v) is 17.5. The molecule has 0 saturated carbocycles. The first kappa shape index (κ1) is 19.6. The molecular formula is C26H21N5O. The van der Waals surface area contributed by atoms with Crippen molar-refractivity contribution >= 4 is 16.8 Å². The van der Waals surface area contributed by atoms with E-state index in [1.165, 1.54) is 0 Å². The lowest BCUT2D eigenvalue weighted by Crippen LogP contribution is -2.17. The Morgan fingerprint density at radius 2 is 1.66 bits per heavy atom. The molecule has 0 saturated heterocycles. The minimum Gasteiger partial charge on any atom is -0.361 e. The molecule has 5 rings (SSSR count). The van der Waals surface area contributed by atoms with Crippen molar-refractivity contribution < 1.29 is 4.79 Å². The second-order valence-corrected chi connectivity index (χ2v) is 7.49. The Balaban J connectivity index is 1.62. The summed E-state index contributed by atoms with van der Waals surface area (Å²) in [6, 6.07) is 25.4. The minimum atomic E-state index is -0.144. The summed E-state index contributed by atoms with van der Waals surface area (Å²) >= 11 is 0. The maximum absolute atomic E-state index is 12.2. The number of nitrogens with one attached hydrogen (secondary N) is 2. The Morgan fingerprint density at radius 1 is 0.875 bits per heavy atom. The van der Waals surface area contributed by atoms with Gasteiger partial charge in [0.25, 0.3) is 5.91 Å². The van der Waals surface area contributed by atoms with Crippen LogP contribution in [-0.2, 0) is 6.42 Å². The molecule has 0 radical (unpaired) electrons. The molecular weight excluding hydrogens is 398 g/mol. The highest BCUT2D eigenvalue weighted by molar-refractivity contribution is 5.95. The van der Waals surface area contributed by atoms with Crippen LogP contribution in [0, 0.1) is 0 Å². The van der Waals surface area contributed by atoms with Crippen LogP contribution in [0.25, 0.3) is 33.4 Å². The molecule has 0 atom stereocenters. The first-order valence-corrected chi connectivity index (χ1v) is 10.4. The third kappa shape index (κ3) is 3.74. The summed E-state index contributed by atoms with van der Waals surface area (Å²) < 4.78 is 0. The predicted molar refractivity (Wildman–Crippen MR) is 125 cm³/mol. The van der Waals surface area contributed by atoms with Crippen molar-refractivity contribution in [2.75, 3.05) is 7.05 Å². The third-order valence-electron chi connectivity index (χ3n) is 5.43. The number of aromatic nitrogens is 4. The number of benzene rings is 3. The normalized spacial score (nSPS) is 10.9. The molecule has 32 heavy (non-hydrogen) atoms. The van der Waals surface area contributed by atoms with E-state index in [1.807, 2.05) is 72.9 Å². The molecule has 0 bridgehead atoms. The number of aromatic amines is 1. The van der Waals surface area contributed by atoms with E-state index in [9.17, 15) is 4.79 Å². The van der Waals surface area contributed by atoms with Crippen LogP contribution >= 0.6 is 0 Å². The van der Waals surface area contributed by atoms with Crippen LogP contribution in [-0.4, -0.2) is 33.1 Å². The average Bonchev–Trinajstić information content (AvgIpc) is 3.27. The monoisotopic (exact) mass is 419 g/mol. The summed E-state index contributed by atoms with van der Waals surface area (Å²) in [5, 5.41) is 12.8. The number of hydrogen-bond acceptors (Lipinski definition) is 4. The van der Waals surface area contributed by atoms with Crippen molar-refractivity contribution in [1.82, 2.24) is 25.5 Å². The molecule has 5 aromatic rings. The molecule has 3 aromatic carbocycles. The zero-order valence-electron chi connectivity index (χ0n) is 17.5. The van der Waals surface area contributed by atoms with E-state index in [0.29, 0.717) is 29.2 Å². The molecule has 6 heteroatoms. The lowest BCUT2D eigenvalue weighted by atomic mass is 10.0. The smallest absolute Gasteiger partial charge is 0.251 e. The molecule has 2 heterocycles. The largest absolute Gasteiger partial charge is 0.361 e. The Labute approximate surface area is 185 Å². The van der Waals surface area contributed by atoms with E-state index in [0.717, 1.165) is 27.6 Å². The Morgan fingerprint density at radius 3 is 2.50 bits per heavy atom. The molecule has 1 amide bonds. The van der Waals surface area contributed by atoms with Gasteiger partial charge in [-0.1, -0.05) is 60.7 Å². The fraction of sp³-hybridized carbons (Fsp3) is 0.0769. The zero-order chi connectivity index (χ0) is 21.9. The molecule has 0 aliphatic heterocycles. The molecule has 0 aliphatic rings. The molecule has 0 aliphatic carbocycles. The summed E-state index contributed by atoms with van der Waals surface area (Å²) in [7, 11) is 1.62. The van der Waals surface area contributed by atoms with Gasteiger partial charge in [0.15, 0.2) is 5.82 Å². The number of H-pyrrole nitrogens is 1. The molecule has 0 fully saturated rings. The van der Waals surface area contributed by atoms with E-state index in [-0.39, 0.29) is 5.91 Å². The second kappa shape index (κ2) is 8.43. The summed E-state index contributed by atoms with van der Waals surface area (Å²) in [6.07, 6.45) is 2.54. The van der Waals surface area contributed by atoms with Gasteiger partial charge < -0.3 is 10.3 Å². The summed E-state index contributed by atoms with van der Waals surface area (Å²) in [5.41, 5.74) is 5.89. The van der Waals surface area contributed by atoms with Gasteiger partial charge in [0, 0.05) is 47.3 Å². The fourth-order valence-electron chi connectivity index (χ4n) is 3.83.